The van der Waals surface area contributed by atoms with Gasteiger partial charge in [-0.05, 0) is 25.8 Å². The number of aromatic nitrogens is 2. The molecule has 0 saturated carbocycles. The molecule has 1 aliphatic heterocycles. The zero-order valence-electron chi connectivity index (χ0n) is 12.5. The number of nitrogens with zero attached hydrogens (tertiary/aromatic N) is 2. The second-order valence-electron chi connectivity index (χ2n) is 5.59. The zero-order valence-corrected chi connectivity index (χ0v) is 12.5. The molecule has 1 aromatic heterocycles. The summed E-state index contributed by atoms with van der Waals surface area (Å²) < 4.78 is 11.1. The molecule has 5 nitrogen and oxygen atoms in total. The summed E-state index contributed by atoms with van der Waals surface area (Å²) in [7, 11) is 0. The van der Waals surface area contributed by atoms with Gasteiger partial charge in [0.1, 0.15) is 5.75 Å². The van der Waals surface area contributed by atoms with Crippen LogP contribution in [0.1, 0.15) is 55.8 Å². The zero-order chi connectivity index (χ0) is 14.8. The molecule has 3 atom stereocenters. The molecule has 2 heterocycles. The molecular formula is C16H21N3O2. The Morgan fingerprint density at radius 2 is 2.19 bits per heavy atom. The summed E-state index contributed by atoms with van der Waals surface area (Å²) >= 11 is 0. The summed E-state index contributed by atoms with van der Waals surface area (Å²) in [4.78, 5) is 4.61. The van der Waals surface area contributed by atoms with Gasteiger partial charge in [-0.1, -0.05) is 30.3 Å². The Bertz CT molecular complexity index is 609. The van der Waals surface area contributed by atoms with E-state index in [1.165, 1.54) is 0 Å². The van der Waals surface area contributed by atoms with Gasteiger partial charge < -0.3 is 15.0 Å². The molecule has 0 saturated heterocycles. The number of ether oxygens (including phenoxy) is 1. The predicted molar refractivity (Wildman–Crippen MR) is 79.4 cm³/mol. The van der Waals surface area contributed by atoms with Crippen molar-refractivity contribution in [1.82, 2.24) is 10.1 Å². The maximum Gasteiger partial charge on any atom is 0.231 e. The lowest BCUT2D eigenvalue weighted by atomic mass is 9.92. The summed E-state index contributed by atoms with van der Waals surface area (Å²) in [6, 6.07) is 8.05. The van der Waals surface area contributed by atoms with E-state index in [2.05, 4.69) is 23.1 Å². The highest BCUT2D eigenvalue weighted by molar-refractivity contribution is 5.40. The molecular weight excluding hydrogens is 266 g/mol. The predicted octanol–water partition coefficient (Wildman–Crippen LogP) is 2.82. The van der Waals surface area contributed by atoms with Gasteiger partial charge in [0.05, 0.1) is 18.4 Å². The largest absolute Gasteiger partial charge is 0.493 e. The molecule has 112 valence electrons. The summed E-state index contributed by atoms with van der Waals surface area (Å²) in [5.41, 5.74) is 7.13. The van der Waals surface area contributed by atoms with Gasteiger partial charge in [0.25, 0.3) is 0 Å². The molecule has 21 heavy (non-hydrogen) atoms. The molecule has 0 fully saturated rings. The second kappa shape index (κ2) is 5.85. The van der Waals surface area contributed by atoms with Gasteiger partial charge in [0.15, 0.2) is 5.82 Å². The van der Waals surface area contributed by atoms with Crippen molar-refractivity contribution >= 4 is 0 Å². The Hall–Kier alpha value is -1.88. The number of hydrogen-bond acceptors (Lipinski definition) is 5. The number of benzene rings is 1. The molecule has 5 heteroatoms. The van der Waals surface area contributed by atoms with E-state index in [4.69, 9.17) is 15.0 Å². The second-order valence-corrected chi connectivity index (χ2v) is 5.59. The number of fused-ring (bicyclic) bond motifs is 1. The molecule has 0 bridgehead atoms. The van der Waals surface area contributed by atoms with Crippen LogP contribution in [0.2, 0.25) is 0 Å². The summed E-state index contributed by atoms with van der Waals surface area (Å²) in [6.45, 7) is 4.74. The van der Waals surface area contributed by atoms with Crippen LogP contribution in [0.3, 0.4) is 0 Å². The van der Waals surface area contributed by atoms with Crippen LogP contribution < -0.4 is 10.5 Å². The average Bonchev–Trinajstić information content (AvgIpc) is 2.96. The fraction of sp³-hybridized carbons (Fsp3) is 0.500. The Morgan fingerprint density at radius 3 is 2.95 bits per heavy atom. The van der Waals surface area contributed by atoms with Crippen molar-refractivity contribution in [3.8, 4) is 5.75 Å². The lowest BCUT2D eigenvalue weighted by Gasteiger charge is -2.23. The maximum absolute atomic E-state index is 6.00. The van der Waals surface area contributed by atoms with E-state index in [1.807, 2.05) is 25.1 Å². The third kappa shape index (κ3) is 2.65. The molecule has 2 aromatic rings. The van der Waals surface area contributed by atoms with Gasteiger partial charge in [-0.3, -0.25) is 0 Å². The van der Waals surface area contributed by atoms with Crippen LogP contribution in [0.5, 0.6) is 5.75 Å². The third-order valence-corrected chi connectivity index (χ3v) is 4.12. The molecule has 3 rings (SSSR count). The standard InChI is InChI=1S/C16H21N3O2/c1-3-11(10(2)17)16-18-15(19-21-16)13-8-9-20-14-7-5-4-6-12(13)14/h4-7,10-11,13H,3,8-9,17H2,1-2H3. The Morgan fingerprint density at radius 1 is 1.38 bits per heavy atom. The first-order chi connectivity index (χ1) is 10.2. The SMILES string of the molecule is CCC(c1nc(C2CCOc3ccccc32)no1)C(C)N. The number of para-hydroxylation sites is 1. The van der Waals surface area contributed by atoms with E-state index in [0.717, 1.165) is 30.0 Å². The highest BCUT2D eigenvalue weighted by atomic mass is 16.5. The van der Waals surface area contributed by atoms with Crippen molar-refractivity contribution in [2.24, 2.45) is 5.73 Å². The first kappa shape index (κ1) is 14.1. The molecule has 1 aromatic carbocycles. The monoisotopic (exact) mass is 287 g/mol. The third-order valence-electron chi connectivity index (χ3n) is 4.12. The summed E-state index contributed by atoms with van der Waals surface area (Å²) in [6.07, 6.45) is 1.76. The highest BCUT2D eigenvalue weighted by Gasteiger charge is 2.29. The van der Waals surface area contributed by atoms with Crippen LogP contribution in [-0.4, -0.2) is 22.8 Å². The van der Waals surface area contributed by atoms with Crippen molar-refractivity contribution in [1.29, 1.82) is 0 Å². The van der Waals surface area contributed by atoms with E-state index in [9.17, 15) is 0 Å². The van der Waals surface area contributed by atoms with Gasteiger partial charge in [0.2, 0.25) is 5.89 Å². The van der Waals surface area contributed by atoms with Gasteiger partial charge in [-0.15, -0.1) is 0 Å². The summed E-state index contributed by atoms with van der Waals surface area (Å²) in [5.74, 6) is 2.55. The highest BCUT2D eigenvalue weighted by Crippen LogP contribution is 2.37. The van der Waals surface area contributed by atoms with Gasteiger partial charge in [-0.2, -0.15) is 4.98 Å². The van der Waals surface area contributed by atoms with Crippen molar-refractivity contribution in [3.05, 3.63) is 41.5 Å². The molecule has 3 unspecified atom stereocenters. The van der Waals surface area contributed by atoms with E-state index in [1.54, 1.807) is 0 Å². The minimum atomic E-state index is 0.00488. The normalized spacial score (nSPS) is 20.4. The first-order valence-electron chi connectivity index (χ1n) is 7.51. The fourth-order valence-corrected chi connectivity index (χ4v) is 2.92. The molecule has 0 spiro atoms. The average molecular weight is 287 g/mol. The van der Waals surface area contributed by atoms with E-state index >= 15 is 0 Å². The number of hydrogen-bond donors (Lipinski definition) is 1. The van der Waals surface area contributed by atoms with Crippen molar-refractivity contribution in [3.63, 3.8) is 0 Å². The van der Waals surface area contributed by atoms with Crippen molar-refractivity contribution < 1.29 is 9.26 Å². The topological polar surface area (TPSA) is 74.2 Å². The van der Waals surface area contributed by atoms with E-state index in [0.29, 0.717) is 12.5 Å². The van der Waals surface area contributed by atoms with Gasteiger partial charge in [0, 0.05) is 11.6 Å². The molecule has 0 aliphatic carbocycles. The van der Waals surface area contributed by atoms with Crippen molar-refractivity contribution in [2.75, 3.05) is 6.61 Å². The smallest absolute Gasteiger partial charge is 0.231 e. The Labute approximate surface area is 124 Å². The molecule has 0 amide bonds. The minimum absolute atomic E-state index is 0.00488. The van der Waals surface area contributed by atoms with Crippen LogP contribution in [0, 0.1) is 0 Å². The lowest BCUT2D eigenvalue weighted by molar-refractivity contribution is 0.271. The Kier molecular flexibility index (Phi) is 3.92. The Balaban J connectivity index is 1.91. The molecule has 0 radical (unpaired) electrons. The fourth-order valence-electron chi connectivity index (χ4n) is 2.92. The van der Waals surface area contributed by atoms with E-state index < -0.39 is 0 Å². The lowest BCUT2D eigenvalue weighted by Crippen LogP contribution is -2.24. The van der Waals surface area contributed by atoms with Crippen molar-refractivity contribution in [2.45, 2.75) is 44.6 Å². The van der Waals surface area contributed by atoms with Gasteiger partial charge >= 0.3 is 0 Å². The molecule has 1 aliphatic rings. The van der Waals surface area contributed by atoms with Crippen LogP contribution in [0.25, 0.3) is 0 Å². The first-order valence-corrected chi connectivity index (χ1v) is 7.51. The quantitative estimate of drug-likeness (QED) is 0.936. The maximum atomic E-state index is 6.00. The molecule has 2 N–H and O–H groups in total. The van der Waals surface area contributed by atoms with E-state index in [-0.39, 0.29) is 17.9 Å². The number of rotatable bonds is 4. The minimum Gasteiger partial charge on any atom is -0.493 e. The van der Waals surface area contributed by atoms with Crippen LogP contribution in [0.15, 0.2) is 28.8 Å². The number of nitrogens with two attached hydrogens (primary N) is 1. The summed E-state index contributed by atoms with van der Waals surface area (Å²) in [5, 5.41) is 4.19. The van der Waals surface area contributed by atoms with Crippen LogP contribution in [-0.2, 0) is 0 Å². The van der Waals surface area contributed by atoms with Crippen LogP contribution >= 0.6 is 0 Å². The van der Waals surface area contributed by atoms with Gasteiger partial charge in [-0.25, -0.2) is 0 Å². The van der Waals surface area contributed by atoms with Crippen LogP contribution in [0.4, 0.5) is 0 Å².